The van der Waals surface area contributed by atoms with Gasteiger partial charge in [-0.15, -0.1) is 11.6 Å². The predicted molar refractivity (Wildman–Crippen MR) is 73.8 cm³/mol. The molecule has 1 unspecified atom stereocenters. The first-order valence-electron chi connectivity index (χ1n) is 6.33. The SMILES string of the molecule is CC1=Nc2cc[c-]cc2C1(C)CCCCS(=O)(=O)[O-].[K+].[K+]. The molecule has 1 aliphatic heterocycles. The second-order valence-electron chi connectivity index (χ2n) is 5.19. The van der Waals surface area contributed by atoms with E-state index in [1.54, 1.807) is 0 Å². The van der Waals surface area contributed by atoms with Crippen LogP contribution in [0.5, 0.6) is 0 Å². The summed E-state index contributed by atoms with van der Waals surface area (Å²) in [6, 6.07) is 8.78. The molecule has 4 nitrogen and oxygen atoms in total. The van der Waals surface area contributed by atoms with E-state index in [0.717, 1.165) is 23.4 Å². The van der Waals surface area contributed by atoms with E-state index in [4.69, 9.17) is 0 Å². The van der Waals surface area contributed by atoms with Crippen molar-refractivity contribution in [3.05, 3.63) is 29.8 Å². The monoisotopic (exact) mass is 357 g/mol. The summed E-state index contributed by atoms with van der Waals surface area (Å²) in [6.45, 7) is 4.10. The molecule has 0 saturated heterocycles. The van der Waals surface area contributed by atoms with Crippen LogP contribution in [0, 0.1) is 6.07 Å². The first-order chi connectivity index (χ1) is 8.83. The molecule has 1 aromatic rings. The molecule has 0 N–H and O–H groups in total. The molecule has 1 aromatic carbocycles. The number of unbranched alkanes of at least 4 members (excludes halogenated alkanes) is 1. The molecule has 7 heteroatoms. The molecular formula is C14H17K2NO3S. The molecule has 1 atom stereocenters. The summed E-state index contributed by atoms with van der Waals surface area (Å²) in [5, 5.41) is 0. The third-order valence-electron chi connectivity index (χ3n) is 3.84. The van der Waals surface area contributed by atoms with Crippen LogP contribution in [0.1, 0.15) is 38.7 Å². The van der Waals surface area contributed by atoms with Gasteiger partial charge >= 0.3 is 103 Å². The van der Waals surface area contributed by atoms with Crippen LogP contribution in [0.15, 0.2) is 23.2 Å². The molecule has 0 amide bonds. The molecule has 0 bridgehead atoms. The van der Waals surface area contributed by atoms with Crippen molar-refractivity contribution in [2.45, 2.75) is 38.5 Å². The Balaban J connectivity index is 0.00000200. The number of aliphatic imine (C=N–C) groups is 1. The summed E-state index contributed by atoms with van der Waals surface area (Å²) in [4.78, 5) is 4.55. The molecule has 0 radical (unpaired) electrons. The maximum Gasteiger partial charge on any atom is 1.00 e. The second-order valence-corrected chi connectivity index (χ2v) is 6.72. The van der Waals surface area contributed by atoms with Gasteiger partial charge in [-0.1, -0.05) is 13.3 Å². The Bertz CT molecular complexity index is 616. The smallest absolute Gasteiger partial charge is 0.748 e. The normalized spacial score (nSPS) is 20.0. The average molecular weight is 358 g/mol. The van der Waals surface area contributed by atoms with Gasteiger partial charge in [0.1, 0.15) is 0 Å². The molecule has 0 spiro atoms. The van der Waals surface area contributed by atoms with Crippen LogP contribution in [0.2, 0.25) is 0 Å². The fourth-order valence-electron chi connectivity index (χ4n) is 2.53. The molecular weight excluding hydrogens is 340 g/mol. The Kier molecular flexibility index (Phi) is 10.5. The summed E-state index contributed by atoms with van der Waals surface area (Å²) in [6.07, 6.45) is 1.89. The van der Waals surface area contributed by atoms with Crippen molar-refractivity contribution in [2.75, 3.05) is 5.75 Å². The Morgan fingerprint density at radius 2 is 2.00 bits per heavy atom. The first kappa shape index (κ1) is 23.1. The van der Waals surface area contributed by atoms with E-state index in [1.807, 2.05) is 25.1 Å². The van der Waals surface area contributed by atoms with Crippen LogP contribution in [0.3, 0.4) is 0 Å². The van der Waals surface area contributed by atoms with Gasteiger partial charge in [0.2, 0.25) is 0 Å². The molecule has 0 fully saturated rings. The largest absolute Gasteiger partial charge is 1.00 e. The van der Waals surface area contributed by atoms with Gasteiger partial charge in [0, 0.05) is 11.5 Å². The molecule has 0 saturated carbocycles. The van der Waals surface area contributed by atoms with Gasteiger partial charge in [0.15, 0.2) is 0 Å². The molecule has 2 rings (SSSR count). The Hall–Kier alpha value is 2.07. The zero-order chi connectivity index (χ0) is 14.1. The molecule has 1 aliphatic rings. The summed E-state index contributed by atoms with van der Waals surface area (Å²) in [5.74, 6) is -0.285. The maximum absolute atomic E-state index is 10.6. The van der Waals surface area contributed by atoms with Gasteiger partial charge in [0.25, 0.3) is 0 Å². The summed E-state index contributed by atoms with van der Waals surface area (Å²) < 4.78 is 31.8. The zero-order valence-electron chi connectivity index (χ0n) is 13.1. The van der Waals surface area contributed by atoms with E-state index in [9.17, 15) is 13.0 Å². The average Bonchev–Trinajstić information content (AvgIpc) is 2.57. The van der Waals surface area contributed by atoms with E-state index >= 15 is 0 Å². The van der Waals surface area contributed by atoms with Gasteiger partial charge in [-0.05, 0) is 30.9 Å². The predicted octanol–water partition coefficient (Wildman–Crippen LogP) is -3.43. The van der Waals surface area contributed by atoms with Gasteiger partial charge in [-0.2, -0.15) is 18.2 Å². The number of fused-ring (bicyclic) bond motifs is 1. The van der Waals surface area contributed by atoms with Crippen molar-refractivity contribution in [3.63, 3.8) is 0 Å². The molecule has 1 heterocycles. The van der Waals surface area contributed by atoms with Crippen LogP contribution < -0.4 is 103 Å². The number of benzene rings is 1. The molecule has 104 valence electrons. The van der Waals surface area contributed by atoms with Crippen LogP contribution in [-0.2, 0) is 15.5 Å². The van der Waals surface area contributed by atoms with Crippen LogP contribution in [0.25, 0.3) is 0 Å². The maximum atomic E-state index is 10.6. The van der Waals surface area contributed by atoms with E-state index in [2.05, 4.69) is 18.0 Å². The molecule has 0 aromatic heterocycles. The van der Waals surface area contributed by atoms with Gasteiger partial charge in [-0.25, -0.2) is 8.42 Å². The molecule has 21 heavy (non-hydrogen) atoms. The van der Waals surface area contributed by atoms with Crippen LogP contribution in [0.4, 0.5) is 5.69 Å². The minimum Gasteiger partial charge on any atom is -0.748 e. The first-order valence-corrected chi connectivity index (χ1v) is 7.90. The minimum atomic E-state index is -4.10. The number of hydrogen-bond donors (Lipinski definition) is 0. The van der Waals surface area contributed by atoms with Crippen molar-refractivity contribution >= 4 is 21.5 Å². The van der Waals surface area contributed by atoms with E-state index in [0.29, 0.717) is 12.8 Å². The fourth-order valence-corrected chi connectivity index (χ4v) is 3.09. The quantitative estimate of drug-likeness (QED) is 0.238. The standard InChI is InChI=1S/C14H18NO3S.2K/c1-11-14(2,9-5-6-10-19(16,17)18)12-7-3-4-8-13(12)15-11;;/h4,7-8H,5-6,9-10H2,1-2H3,(H,16,17,18);;/q-1;2*+1/p-1. The number of rotatable bonds is 5. The van der Waals surface area contributed by atoms with Crippen molar-refractivity contribution in [1.82, 2.24) is 0 Å². The Morgan fingerprint density at radius 3 is 2.62 bits per heavy atom. The topological polar surface area (TPSA) is 69.6 Å². The van der Waals surface area contributed by atoms with Crippen LogP contribution in [-0.4, -0.2) is 24.4 Å². The fraction of sp³-hybridized carbons (Fsp3) is 0.500. The minimum absolute atomic E-state index is 0. The van der Waals surface area contributed by atoms with Gasteiger partial charge in [0.05, 0.1) is 10.1 Å². The summed E-state index contributed by atoms with van der Waals surface area (Å²) >= 11 is 0. The third-order valence-corrected chi connectivity index (χ3v) is 4.63. The summed E-state index contributed by atoms with van der Waals surface area (Å²) in [7, 11) is -4.10. The van der Waals surface area contributed by atoms with Crippen molar-refractivity contribution < 1.29 is 116 Å². The van der Waals surface area contributed by atoms with Crippen molar-refractivity contribution in [1.29, 1.82) is 0 Å². The number of hydrogen-bond acceptors (Lipinski definition) is 4. The Morgan fingerprint density at radius 1 is 1.33 bits per heavy atom. The van der Waals surface area contributed by atoms with Gasteiger partial charge in [-0.3, -0.25) is 4.99 Å². The van der Waals surface area contributed by atoms with E-state index in [1.165, 1.54) is 0 Å². The van der Waals surface area contributed by atoms with Crippen molar-refractivity contribution in [2.24, 2.45) is 4.99 Å². The van der Waals surface area contributed by atoms with Crippen LogP contribution >= 0.6 is 0 Å². The second kappa shape index (κ2) is 9.53. The van der Waals surface area contributed by atoms with Gasteiger partial charge < -0.3 is 4.55 Å². The number of nitrogens with zero attached hydrogens (tertiary/aromatic N) is 1. The van der Waals surface area contributed by atoms with E-state index < -0.39 is 10.1 Å². The summed E-state index contributed by atoms with van der Waals surface area (Å²) in [5.41, 5.74) is 2.97. The zero-order valence-corrected chi connectivity index (χ0v) is 20.2. The molecule has 0 aliphatic carbocycles. The van der Waals surface area contributed by atoms with E-state index in [-0.39, 0.29) is 114 Å². The Labute approximate surface area is 212 Å². The van der Waals surface area contributed by atoms with Crippen molar-refractivity contribution in [3.8, 4) is 0 Å². The third kappa shape index (κ3) is 6.14.